The number of aromatic nitrogens is 4. The second-order valence-electron chi connectivity index (χ2n) is 5.46. The summed E-state index contributed by atoms with van der Waals surface area (Å²) in [5.41, 5.74) is 8.82. The third-order valence-electron chi connectivity index (χ3n) is 3.81. The summed E-state index contributed by atoms with van der Waals surface area (Å²) in [5, 5.41) is 3.22. The highest BCUT2D eigenvalue weighted by molar-refractivity contribution is 7.21. The fourth-order valence-corrected chi connectivity index (χ4v) is 3.87. The molecule has 0 aliphatic heterocycles. The number of aryl methyl sites for hydroxylation is 1. The maximum Gasteiger partial charge on any atom is 0.190 e. The highest BCUT2D eigenvalue weighted by Crippen LogP contribution is 2.33. The molecule has 7 nitrogen and oxygen atoms in total. The lowest BCUT2D eigenvalue weighted by atomic mass is 10.2. The minimum absolute atomic E-state index is 0.0135. The molecule has 0 saturated heterocycles. The summed E-state index contributed by atoms with van der Waals surface area (Å²) < 4.78 is 2.06. The third-order valence-corrected chi connectivity index (χ3v) is 4.95. The zero-order chi connectivity index (χ0) is 16.7. The van der Waals surface area contributed by atoms with Crippen LogP contribution in [0, 0.1) is 6.92 Å². The van der Waals surface area contributed by atoms with Gasteiger partial charge in [0.25, 0.3) is 0 Å². The number of hydrogen-bond acceptors (Lipinski definition) is 6. The molecule has 0 spiro atoms. The van der Waals surface area contributed by atoms with E-state index in [0.717, 1.165) is 26.6 Å². The molecule has 4 aromatic rings. The number of hydrogen-bond donors (Lipinski definition) is 3. The minimum Gasteiger partial charge on any atom is -0.367 e. The van der Waals surface area contributed by atoms with Crippen LogP contribution in [0.1, 0.15) is 5.69 Å². The van der Waals surface area contributed by atoms with Gasteiger partial charge in [0.15, 0.2) is 16.9 Å². The molecule has 4 aromatic heterocycles. The average molecular weight is 340 g/mol. The van der Waals surface area contributed by atoms with E-state index in [-0.39, 0.29) is 5.43 Å². The molecule has 0 amide bonds. The van der Waals surface area contributed by atoms with Gasteiger partial charge < -0.3 is 16.0 Å². The summed E-state index contributed by atoms with van der Waals surface area (Å²) in [6.07, 6.45) is 5.17. The quantitative estimate of drug-likeness (QED) is 0.527. The van der Waals surface area contributed by atoms with Crippen molar-refractivity contribution in [3.63, 3.8) is 0 Å². The largest absolute Gasteiger partial charge is 0.367 e. The maximum absolute atomic E-state index is 12.1. The molecule has 0 fully saturated rings. The number of thiophene rings is 1. The Morgan fingerprint density at radius 2 is 2.33 bits per heavy atom. The Hall–Kier alpha value is -2.71. The van der Waals surface area contributed by atoms with Crippen molar-refractivity contribution >= 4 is 33.1 Å². The fraction of sp³-hybridized carbons (Fsp3) is 0.188. The van der Waals surface area contributed by atoms with E-state index in [4.69, 9.17) is 5.73 Å². The zero-order valence-corrected chi connectivity index (χ0v) is 13.9. The first-order valence-corrected chi connectivity index (χ1v) is 8.39. The van der Waals surface area contributed by atoms with Gasteiger partial charge in [-0.15, -0.1) is 11.3 Å². The predicted molar refractivity (Wildman–Crippen MR) is 96.7 cm³/mol. The van der Waals surface area contributed by atoms with Crippen LogP contribution >= 0.6 is 11.3 Å². The number of pyridine rings is 1. The molecule has 0 saturated carbocycles. The van der Waals surface area contributed by atoms with Crippen LogP contribution in [0.2, 0.25) is 0 Å². The average Bonchev–Trinajstić information content (AvgIpc) is 3.16. The summed E-state index contributed by atoms with van der Waals surface area (Å²) in [6, 6.07) is 3.47. The Bertz CT molecular complexity index is 1090. The monoisotopic (exact) mass is 340 g/mol. The van der Waals surface area contributed by atoms with Gasteiger partial charge in [-0.1, -0.05) is 0 Å². The standard InChI is InChI=1S/C16H16N6OS/c1-9-7-20-15-14(19-5-3-17)21-11-6-13(24-16(11)22(9)15)10-8-18-4-2-12(10)23/h2,4,6-8H,3,5,17H2,1H3,(H,18,23)(H,19,21). The van der Waals surface area contributed by atoms with Crippen molar-refractivity contribution in [1.29, 1.82) is 0 Å². The van der Waals surface area contributed by atoms with Crippen molar-refractivity contribution in [3.05, 3.63) is 46.6 Å². The number of fused-ring (bicyclic) bond motifs is 3. The minimum atomic E-state index is -0.0135. The summed E-state index contributed by atoms with van der Waals surface area (Å²) in [5.74, 6) is 0.701. The highest BCUT2D eigenvalue weighted by atomic mass is 32.1. The van der Waals surface area contributed by atoms with Gasteiger partial charge in [-0.3, -0.25) is 9.20 Å². The molecule has 0 unspecified atom stereocenters. The first-order chi connectivity index (χ1) is 11.7. The summed E-state index contributed by atoms with van der Waals surface area (Å²) in [7, 11) is 0. The van der Waals surface area contributed by atoms with Crippen molar-refractivity contribution in [2.24, 2.45) is 5.73 Å². The predicted octanol–water partition coefficient (Wildman–Crippen LogP) is 1.98. The number of nitrogens with zero attached hydrogens (tertiary/aromatic N) is 3. The number of rotatable bonds is 4. The molecular weight excluding hydrogens is 324 g/mol. The molecule has 4 N–H and O–H groups in total. The van der Waals surface area contributed by atoms with Crippen LogP contribution in [-0.2, 0) is 0 Å². The second kappa shape index (κ2) is 5.73. The SMILES string of the molecule is Cc1cnc2c(NCCN)nc3cc(-c4c[nH]ccc4=O)sc3n12. The van der Waals surface area contributed by atoms with Gasteiger partial charge in [-0.25, -0.2) is 9.97 Å². The normalized spacial score (nSPS) is 11.4. The van der Waals surface area contributed by atoms with Crippen molar-refractivity contribution in [2.75, 3.05) is 18.4 Å². The number of nitrogens with one attached hydrogen (secondary N) is 2. The van der Waals surface area contributed by atoms with Crippen LogP contribution in [0.3, 0.4) is 0 Å². The Morgan fingerprint density at radius 3 is 3.12 bits per heavy atom. The lowest BCUT2D eigenvalue weighted by Gasteiger charge is -2.07. The zero-order valence-electron chi connectivity index (χ0n) is 13.0. The lowest BCUT2D eigenvalue weighted by Crippen LogP contribution is -2.14. The van der Waals surface area contributed by atoms with Gasteiger partial charge in [0.2, 0.25) is 0 Å². The molecule has 8 heteroatoms. The van der Waals surface area contributed by atoms with Crippen LogP contribution in [0.15, 0.2) is 35.5 Å². The van der Waals surface area contributed by atoms with Gasteiger partial charge in [0, 0.05) is 48.3 Å². The highest BCUT2D eigenvalue weighted by Gasteiger charge is 2.16. The Kier molecular flexibility index (Phi) is 3.55. The van der Waals surface area contributed by atoms with E-state index in [0.29, 0.717) is 24.5 Å². The molecule has 122 valence electrons. The van der Waals surface area contributed by atoms with E-state index in [2.05, 4.69) is 24.7 Å². The Morgan fingerprint density at radius 1 is 1.46 bits per heavy atom. The van der Waals surface area contributed by atoms with Crippen molar-refractivity contribution in [2.45, 2.75) is 6.92 Å². The molecule has 0 bridgehead atoms. The molecule has 24 heavy (non-hydrogen) atoms. The van der Waals surface area contributed by atoms with Gasteiger partial charge in [0.1, 0.15) is 10.3 Å². The number of nitrogens with two attached hydrogens (primary N) is 1. The van der Waals surface area contributed by atoms with Crippen molar-refractivity contribution in [3.8, 4) is 10.4 Å². The van der Waals surface area contributed by atoms with Gasteiger partial charge in [-0.2, -0.15) is 0 Å². The third kappa shape index (κ3) is 2.27. The molecule has 4 rings (SSSR count). The van der Waals surface area contributed by atoms with Crippen LogP contribution in [0.5, 0.6) is 0 Å². The number of H-pyrrole nitrogens is 1. The number of imidazole rings is 1. The lowest BCUT2D eigenvalue weighted by molar-refractivity contribution is 1.01. The summed E-state index contributed by atoms with van der Waals surface area (Å²) in [6.45, 7) is 3.14. The second-order valence-corrected chi connectivity index (χ2v) is 6.49. The van der Waals surface area contributed by atoms with E-state index in [1.54, 1.807) is 12.4 Å². The summed E-state index contributed by atoms with van der Waals surface area (Å²) >= 11 is 1.53. The van der Waals surface area contributed by atoms with E-state index >= 15 is 0 Å². The topological polar surface area (TPSA) is 101 Å². The molecule has 0 aliphatic carbocycles. The van der Waals surface area contributed by atoms with Crippen molar-refractivity contribution < 1.29 is 0 Å². The van der Waals surface area contributed by atoms with E-state index in [1.807, 2.05) is 19.2 Å². The van der Waals surface area contributed by atoms with E-state index in [9.17, 15) is 4.79 Å². The summed E-state index contributed by atoms with van der Waals surface area (Å²) in [4.78, 5) is 26.1. The fourth-order valence-electron chi connectivity index (χ4n) is 2.69. The molecular formula is C16H16N6OS. The van der Waals surface area contributed by atoms with Crippen molar-refractivity contribution in [1.82, 2.24) is 19.4 Å². The molecule has 0 aromatic carbocycles. The maximum atomic E-state index is 12.1. The molecule has 4 heterocycles. The van der Waals surface area contributed by atoms with E-state index in [1.165, 1.54) is 17.4 Å². The number of anilines is 1. The van der Waals surface area contributed by atoms with Gasteiger partial charge in [-0.05, 0) is 13.0 Å². The van der Waals surface area contributed by atoms with Crippen LogP contribution in [0.25, 0.3) is 26.4 Å². The van der Waals surface area contributed by atoms with E-state index < -0.39 is 0 Å². The Balaban J connectivity index is 1.99. The number of aromatic amines is 1. The first kappa shape index (κ1) is 14.9. The first-order valence-electron chi connectivity index (χ1n) is 7.58. The Labute approximate surface area is 141 Å². The van der Waals surface area contributed by atoms with Gasteiger partial charge in [0.05, 0.1) is 5.56 Å². The van der Waals surface area contributed by atoms with Crippen LogP contribution in [-0.4, -0.2) is 32.4 Å². The van der Waals surface area contributed by atoms with Crippen LogP contribution in [0.4, 0.5) is 5.82 Å². The smallest absolute Gasteiger partial charge is 0.190 e. The molecule has 0 radical (unpaired) electrons. The molecule has 0 atom stereocenters. The van der Waals surface area contributed by atoms with Gasteiger partial charge >= 0.3 is 0 Å². The van der Waals surface area contributed by atoms with Crippen LogP contribution < -0.4 is 16.5 Å². The molecule has 0 aliphatic rings.